The van der Waals surface area contributed by atoms with E-state index in [4.69, 9.17) is 23.2 Å². The van der Waals surface area contributed by atoms with E-state index in [1.54, 1.807) is 6.07 Å². The SMILES string of the molecule is CC(CCl)(CCl)Cc1cccc(F)c1F. The van der Waals surface area contributed by atoms with Crippen molar-refractivity contribution in [3.05, 3.63) is 35.4 Å². The molecule has 1 aromatic rings. The zero-order chi connectivity index (χ0) is 11.5. The quantitative estimate of drug-likeness (QED) is 0.711. The Morgan fingerprint density at radius 1 is 1.20 bits per heavy atom. The van der Waals surface area contributed by atoms with Crippen LogP contribution in [0.5, 0.6) is 0 Å². The average Bonchev–Trinajstić information content (AvgIpc) is 2.25. The average molecular weight is 253 g/mol. The summed E-state index contributed by atoms with van der Waals surface area (Å²) in [6.07, 6.45) is 0.337. The molecule has 15 heavy (non-hydrogen) atoms. The monoisotopic (exact) mass is 252 g/mol. The Hall–Kier alpha value is -0.340. The Morgan fingerprint density at radius 2 is 1.80 bits per heavy atom. The Kier molecular flexibility index (Phi) is 4.35. The number of rotatable bonds is 4. The van der Waals surface area contributed by atoms with Crippen LogP contribution in [0.4, 0.5) is 8.78 Å². The van der Waals surface area contributed by atoms with E-state index in [2.05, 4.69) is 0 Å². The summed E-state index contributed by atoms with van der Waals surface area (Å²) in [5.41, 5.74) is -0.0867. The molecule has 0 saturated heterocycles. The molecule has 0 atom stereocenters. The highest BCUT2D eigenvalue weighted by atomic mass is 35.5. The summed E-state index contributed by atoms with van der Waals surface area (Å²) in [6.45, 7) is 1.84. The predicted molar refractivity (Wildman–Crippen MR) is 59.6 cm³/mol. The van der Waals surface area contributed by atoms with E-state index in [0.29, 0.717) is 23.7 Å². The molecule has 0 aromatic heterocycles. The van der Waals surface area contributed by atoms with E-state index < -0.39 is 17.0 Å². The fraction of sp³-hybridized carbons (Fsp3) is 0.455. The lowest BCUT2D eigenvalue weighted by molar-refractivity contribution is 0.407. The van der Waals surface area contributed by atoms with Gasteiger partial charge in [-0.3, -0.25) is 0 Å². The van der Waals surface area contributed by atoms with E-state index in [9.17, 15) is 8.78 Å². The lowest BCUT2D eigenvalue weighted by Crippen LogP contribution is -2.24. The van der Waals surface area contributed by atoms with Gasteiger partial charge in [-0.05, 0) is 23.5 Å². The van der Waals surface area contributed by atoms with E-state index in [-0.39, 0.29) is 0 Å². The first kappa shape index (κ1) is 12.7. The lowest BCUT2D eigenvalue weighted by Gasteiger charge is -2.24. The maximum Gasteiger partial charge on any atom is 0.162 e. The standard InChI is InChI=1S/C11H12Cl2F2/c1-11(6-12,7-13)5-8-3-2-4-9(14)10(8)15/h2-4H,5-7H2,1H3. The van der Waals surface area contributed by atoms with Crippen LogP contribution in [0.3, 0.4) is 0 Å². The lowest BCUT2D eigenvalue weighted by atomic mass is 9.87. The van der Waals surface area contributed by atoms with Gasteiger partial charge in [0.05, 0.1) is 0 Å². The molecule has 0 N–H and O–H groups in total. The molecule has 0 heterocycles. The van der Waals surface area contributed by atoms with Crippen molar-refractivity contribution < 1.29 is 8.78 Å². The fourth-order valence-corrected chi connectivity index (χ4v) is 1.75. The van der Waals surface area contributed by atoms with Gasteiger partial charge in [-0.2, -0.15) is 0 Å². The van der Waals surface area contributed by atoms with Crippen molar-refractivity contribution in [3.8, 4) is 0 Å². The van der Waals surface area contributed by atoms with Crippen LogP contribution in [0.25, 0.3) is 0 Å². The zero-order valence-electron chi connectivity index (χ0n) is 8.37. The molecule has 84 valence electrons. The summed E-state index contributed by atoms with van der Waals surface area (Å²) >= 11 is 11.5. The molecule has 0 saturated carbocycles. The maximum atomic E-state index is 13.3. The second-order valence-corrected chi connectivity index (χ2v) is 4.50. The molecule has 0 amide bonds. The normalized spacial score (nSPS) is 11.8. The van der Waals surface area contributed by atoms with Crippen LogP contribution in [-0.2, 0) is 6.42 Å². The van der Waals surface area contributed by atoms with Gasteiger partial charge in [0.1, 0.15) is 0 Å². The van der Waals surface area contributed by atoms with Gasteiger partial charge in [-0.15, -0.1) is 23.2 Å². The van der Waals surface area contributed by atoms with Crippen molar-refractivity contribution >= 4 is 23.2 Å². The Morgan fingerprint density at radius 3 is 2.33 bits per heavy atom. The Balaban J connectivity index is 2.94. The Labute approximate surface area is 98.2 Å². The minimum atomic E-state index is -0.834. The number of benzene rings is 1. The van der Waals surface area contributed by atoms with Gasteiger partial charge in [0, 0.05) is 11.8 Å². The van der Waals surface area contributed by atoms with Crippen molar-refractivity contribution in [2.45, 2.75) is 13.3 Å². The molecule has 0 aliphatic carbocycles. The van der Waals surface area contributed by atoms with Crippen LogP contribution < -0.4 is 0 Å². The molecule has 0 nitrogen and oxygen atoms in total. The van der Waals surface area contributed by atoms with Crippen molar-refractivity contribution in [1.82, 2.24) is 0 Å². The summed E-state index contributed by atoms with van der Waals surface area (Å²) in [5, 5.41) is 0. The topological polar surface area (TPSA) is 0 Å². The van der Waals surface area contributed by atoms with Gasteiger partial charge in [-0.25, -0.2) is 8.78 Å². The first-order chi connectivity index (χ1) is 7.02. The van der Waals surface area contributed by atoms with Crippen molar-refractivity contribution in [2.75, 3.05) is 11.8 Å². The van der Waals surface area contributed by atoms with E-state index in [0.717, 1.165) is 6.07 Å². The highest BCUT2D eigenvalue weighted by molar-refractivity contribution is 6.21. The van der Waals surface area contributed by atoms with Crippen molar-refractivity contribution in [1.29, 1.82) is 0 Å². The summed E-state index contributed by atoms with van der Waals surface area (Å²) < 4.78 is 26.3. The minimum absolute atomic E-state index is 0.312. The summed E-state index contributed by atoms with van der Waals surface area (Å²) in [6, 6.07) is 4.13. The third-order valence-corrected chi connectivity index (χ3v) is 3.58. The van der Waals surface area contributed by atoms with Crippen LogP contribution in [0.15, 0.2) is 18.2 Å². The van der Waals surface area contributed by atoms with Crippen LogP contribution in [-0.4, -0.2) is 11.8 Å². The number of alkyl halides is 2. The van der Waals surface area contributed by atoms with Crippen LogP contribution in [0, 0.1) is 17.0 Å². The molecule has 0 bridgehead atoms. The van der Waals surface area contributed by atoms with Crippen LogP contribution in [0.2, 0.25) is 0 Å². The van der Waals surface area contributed by atoms with Gasteiger partial charge in [0.15, 0.2) is 11.6 Å². The smallest absolute Gasteiger partial charge is 0.162 e. The molecule has 0 radical (unpaired) electrons. The third-order valence-electron chi connectivity index (χ3n) is 2.29. The van der Waals surface area contributed by atoms with Crippen molar-refractivity contribution in [2.24, 2.45) is 5.41 Å². The molecular weight excluding hydrogens is 241 g/mol. The molecule has 0 aliphatic rings. The van der Waals surface area contributed by atoms with E-state index in [1.165, 1.54) is 6.07 Å². The van der Waals surface area contributed by atoms with Crippen LogP contribution >= 0.6 is 23.2 Å². The Bertz CT molecular complexity index is 335. The molecule has 0 unspecified atom stereocenters. The minimum Gasteiger partial charge on any atom is -0.204 e. The number of halogens is 4. The largest absolute Gasteiger partial charge is 0.204 e. The molecule has 4 heteroatoms. The fourth-order valence-electron chi connectivity index (χ4n) is 1.27. The third kappa shape index (κ3) is 3.05. The summed E-state index contributed by atoms with van der Waals surface area (Å²) in [5.74, 6) is -1.02. The van der Waals surface area contributed by atoms with E-state index >= 15 is 0 Å². The number of hydrogen-bond donors (Lipinski definition) is 0. The second-order valence-electron chi connectivity index (χ2n) is 3.97. The maximum absolute atomic E-state index is 13.3. The second kappa shape index (κ2) is 5.13. The van der Waals surface area contributed by atoms with Crippen LogP contribution in [0.1, 0.15) is 12.5 Å². The van der Waals surface area contributed by atoms with Gasteiger partial charge in [0.2, 0.25) is 0 Å². The summed E-state index contributed by atoms with van der Waals surface area (Å²) in [4.78, 5) is 0. The zero-order valence-corrected chi connectivity index (χ0v) is 9.88. The van der Waals surface area contributed by atoms with Gasteiger partial charge < -0.3 is 0 Å². The predicted octanol–water partition coefficient (Wildman–Crippen LogP) is 3.99. The van der Waals surface area contributed by atoms with Gasteiger partial charge in [-0.1, -0.05) is 19.1 Å². The van der Waals surface area contributed by atoms with E-state index in [1.807, 2.05) is 6.92 Å². The molecule has 0 fully saturated rings. The summed E-state index contributed by atoms with van der Waals surface area (Å²) in [7, 11) is 0. The molecule has 0 aliphatic heterocycles. The highest BCUT2D eigenvalue weighted by Gasteiger charge is 2.24. The highest BCUT2D eigenvalue weighted by Crippen LogP contribution is 2.27. The first-order valence-electron chi connectivity index (χ1n) is 4.57. The molecule has 1 rings (SSSR count). The van der Waals surface area contributed by atoms with Gasteiger partial charge in [0.25, 0.3) is 0 Å². The molecule has 1 aromatic carbocycles. The molecule has 0 spiro atoms. The van der Waals surface area contributed by atoms with Gasteiger partial charge >= 0.3 is 0 Å². The number of hydrogen-bond acceptors (Lipinski definition) is 0. The van der Waals surface area contributed by atoms with Crippen molar-refractivity contribution in [3.63, 3.8) is 0 Å². The first-order valence-corrected chi connectivity index (χ1v) is 5.64. The molecular formula is C11H12Cl2F2.